The highest BCUT2D eigenvalue weighted by Crippen LogP contribution is 2.08. The third-order valence-electron chi connectivity index (χ3n) is 3.50. The smallest absolute Gasteiger partial charge is 0.317 e. The van der Waals surface area contributed by atoms with Gasteiger partial charge < -0.3 is 15.3 Å². The number of nitrogens with one attached hydrogen (secondary N) is 1. The van der Waals surface area contributed by atoms with Crippen molar-refractivity contribution in [2.45, 2.75) is 25.3 Å². The molecule has 0 bridgehead atoms. The van der Waals surface area contributed by atoms with Gasteiger partial charge in [-0.05, 0) is 18.4 Å². The van der Waals surface area contributed by atoms with Gasteiger partial charge in [-0.1, -0.05) is 30.3 Å². The van der Waals surface area contributed by atoms with Crippen molar-refractivity contribution in [3.05, 3.63) is 35.9 Å². The molecule has 8 heteroatoms. The van der Waals surface area contributed by atoms with Crippen LogP contribution in [0.3, 0.4) is 0 Å². The number of rotatable bonds is 9. The van der Waals surface area contributed by atoms with E-state index in [0.717, 1.165) is 11.8 Å². The van der Waals surface area contributed by atoms with Crippen LogP contribution in [0.1, 0.15) is 18.4 Å². The maximum atomic E-state index is 12.2. The Morgan fingerprint density at radius 1 is 1.25 bits per heavy atom. The van der Waals surface area contributed by atoms with Gasteiger partial charge in [0.2, 0.25) is 0 Å². The molecule has 1 rings (SSSR count). The molecule has 1 unspecified atom stereocenters. The molecule has 1 aromatic carbocycles. The molecule has 0 aromatic heterocycles. The standard InChI is InChI=1S/C16H24N2O5S/c1-18(10-11-24(2,22)23)16(21)17-14(8-9-15(19)20)12-13-6-4-3-5-7-13/h3-7,14H,8-12H2,1-2H3,(H,17,21)(H,19,20). The fourth-order valence-corrected chi connectivity index (χ4v) is 2.72. The lowest BCUT2D eigenvalue weighted by Gasteiger charge is -2.23. The Hall–Kier alpha value is -2.09. The maximum absolute atomic E-state index is 12.2. The lowest BCUT2D eigenvalue weighted by Crippen LogP contribution is -2.45. The van der Waals surface area contributed by atoms with Crippen LogP contribution >= 0.6 is 0 Å². The number of hydrogen-bond acceptors (Lipinski definition) is 4. The second-order valence-corrected chi connectivity index (χ2v) is 8.08. The van der Waals surface area contributed by atoms with Crippen LogP contribution in [-0.2, 0) is 21.1 Å². The largest absolute Gasteiger partial charge is 0.481 e. The Balaban J connectivity index is 2.65. The number of amides is 2. The zero-order valence-electron chi connectivity index (χ0n) is 13.9. The van der Waals surface area contributed by atoms with Crippen LogP contribution in [0.15, 0.2) is 30.3 Å². The van der Waals surface area contributed by atoms with Gasteiger partial charge in [0.25, 0.3) is 0 Å². The van der Waals surface area contributed by atoms with Crippen molar-refractivity contribution >= 4 is 21.8 Å². The normalized spacial score (nSPS) is 12.4. The third-order valence-corrected chi connectivity index (χ3v) is 4.43. The summed E-state index contributed by atoms with van der Waals surface area (Å²) in [6.07, 6.45) is 1.88. The summed E-state index contributed by atoms with van der Waals surface area (Å²) >= 11 is 0. The molecule has 134 valence electrons. The number of carbonyl (C=O) groups is 2. The van der Waals surface area contributed by atoms with Crippen molar-refractivity contribution in [1.29, 1.82) is 0 Å². The van der Waals surface area contributed by atoms with E-state index in [9.17, 15) is 18.0 Å². The zero-order valence-corrected chi connectivity index (χ0v) is 14.8. The number of nitrogens with zero attached hydrogens (tertiary/aromatic N) is 1. The number of carboxylic acids is 1. The summed E-state index contributed by atoms with van der Waals surface area (Å²) in [5.74, 6) is -1.04. The summed E-state index contributed by atoms with van der Waals surface area (Å²) in [6.45, 7) is 0.0850. The monoisotopic (exact) mass is 356 g/mol. The van der Waals surface area contributed by atoms with Crippen molar-refractivity contribution < 1.29 is 23.1 Å². The first-order valence-corrected chi connectivity index (χ1v) is 9.68. The minimum Gasteiger partial charge on any atom is -0.481 e. The Labute approximate surface area is 142 Å². The first-order chi connectivity index (χ1) is 11.2. The van der Waals surface area contributed by atoms with Crippen LogP contribution in [0.2, 0.25) is 0 Å². The highest BCUT2D eigenvalue weighted by atomic mass is 32.2. The van der Waals surface area contributed by atoms with Gasteiger partial charge in [-0.3, -0.25) is 4.79 Å². The Kier molecular flexibility index (Phi) is 7.70. The molecule has 0 aliphatic rings. The van der Waals surface area contributed by atoms with Crippen molar-refractivity contribution in [1.82, 2.24) is 10.2 Å². The molecule has 0 fully saturated rings. The van der Waals surface area contributed by atoms with E-state index < -0.39 is 21.8 Å². The van der Waals surface area contributed by atoms with Crippen molar-refractivity contribution in [3.63, 3.8) is 0 Å². The maximum Gasteiger partial charge on any atom is 0.317 e. The van der Waals surface area contributed by atoms with Gasteiger partial charge >= 0.3 is 12.0 Å². The molecular weight excluding hydrogens is 332 g/mol. The van der Waals surface area contributed by atoms with E-state index in [0.29, 0.717) is 12.8 Å². The number of benzene rings is 1. The van der Waals surface area contributed by atoms with Crippen LogP contribution in [0.4, 0.5) is 4.79 Å². The number of sulfone groups is 1. The minimum absolute atomic E-state index is 0.0508. The molecule has 0 aliphatic carbocycles. The Morgan fingerprint density at radius 3 is 2.42 bits per heavy atom. The van der Waals surface area contributed by atoms with E-state index in [1.54, 1.807) is 0 Å². The second-order valence-electron chi connectivity index (χ2n) is 5.82. The summed E-state index contributed by atoms with van der Waals surface area (Å²) in [5, 5.41) is 11.6. The Morgan fingerprint density at radius 2 is 1.88 bits per heavy atom. The molecule has 0 saturated heterocycles. The molecule has 0 aliphatic heterocycles. The predicted molar refractivity (Wildman–Crippen MR) is 91.7 cm³/mol. The fourth-order valence-electron chi connectivity index (χ4n) is 2.11. The van der Waals surface area contributed by atoms with Gasteiger partial charge in [0.05, 0.1) is 5.75 Å². The van der Waals surface area contributed by atoms with Gasteiger partial charge in [0, 0.05) is 32.3 Å². The summed E-state index contributed by atoms with van der Waals surface area (Å²) in [5.41, 5.74) is 0.993. The molecule has 1 atom stereocenters. The molecular formula is C16H24N2O5S. The molecule has 7 nitrogen and oxygen atoms in total. The van der Waals surface area contributed by atoms with Crippen LogP contribution in [-0.4, -0.2) is 62.1 Å². The number of aliphatic carboxylic acids is 1. The molecule has 0 saturated carbocycles. The fraction of sp³-hybridized carbons (Fsp3) is 0.500. The van der Waals surface area contributed by atoms with E-state index in [4.69, 9.17) is 5.11 Å². The molecule has 2 N–H and O–H groups in total. The first kappa shape index (κ1) is 20.0. The summed E-state index contributed by atoms with van der Waals surface area (Å²) in [4.78, 5) is 24.3. The summed E-state index contributed by atoms with van der Waals surface area (Å²) < 4.78 is 22.4. The van der Waals surface area contributed by atoms with Gasteiger partial charge in [-0.15, -0.1) is 0 Å². The molecule has 2 amide bonds. The lowest BCUT2D eigenvalue weighted by atomic mass is 10.0. The zero-order chi connectivity index (χ0) is 18.2. The number of hydrogen-bond donors (Lipinski definition) is 2. The van der Waals surface area contributed by atoms with Crippen LogP contribution in [0.5, 0.6) is 0 Å². The average molecular weight is 356 g/mol. The quantitative estimate of drug-likeness (QED) is 0.691. The molecule has 0 spiro atoms. The van der Waals surface area contributed by atoms with Gasteiger partial charge in [0.15, 0.2) is 0 Å². The molecule has 1 aromatic rings. The topological polar surface area (TPSA) is 104 Å². The number of urea groups is 1. The van der Waals surface area contributed by atoms with E-state index >= 15 is 0 Å². The van der Waals surface area contributed by atoms with Gasteiger partial charge in [-0.2, -0.15) is 0 Å². The van der Waals surface area contributed by atoms with Crippen LogP contribution < -0.4 is 5.32 Å². The number of carbonyl (C=O) groups excluding carboxylic acids is 1. The van der Waals surface area contributed by atoms with E-state index in [1.807, 2.05) is 30.3 Å². The highest BCUT2D eigenvalue weighted by Gasteiger charge is 2.18. The minimum atomic E-state index is -3.15. The SMILES string of the molecule is CN(CCS(C)(=O)=O)C(=O)NC(CCC(=O)O)Cc1ccccc1. The molecule has 24 heavy (non-hydrogen) atoms. The molecule has 0 heterocycles. The first-order valence-electron chi connectivity index (χ1n) is 7.62. The van der Waals surface area contributed by atoms with Crippen molar-refractivity contribution in [2.75, 3.05) is 25.6 Å². The second kappa shape index (κ2) is 9.27. The van der Waals surface area contributed by atoms with Crippen molar-refractivity contribution in [2.24, 2.45) is 0 Å². The molecule has 0 radical (unpaired) electrons. The van der Waals surface area contributed by atoms with Gasteiger partial charge in [0.1, 0.15) is 9.84 Å². The van der Waals surface area contributed by atoms with Crippen molar-refractivity contribution in [3.8, 4) is 0 Å². The number of carboxylic acid groups (broad SMARTS) is 1. The Bertz CT molecular complexity index is 646. The summed E-state index contributed by atoms with van der Waals surface area (Å²) in [6, 6.07) is 8.71. The van der Waals surface area contributed by atoms with E-state index in [2.05, 4.69) is 5.32 Å². The lowest BCUT2D eigenvalue weighted by molar-refractivity contribution is -0.137. The average Bonchev–Trinajstić information content (AvgIpc) is 2.50. The summed E-state index contributed by atoms with van der Waals surface area (Å²) in [7, 11) is -1.64. The third kappa shape index (κ3) is 8.52. The van der Waals surface area contributed by atoms with Crippen LogP contribution in [0.25, 0.3) is 0 Å². The van der Waals surface area contributed by atoms with Gasteiger partial charge in [-0.25, -0.2) is 13.2 Å². The highest BCUT2D eigenvalue weighted by molar-refractivity contribution is 7.90. The van der Waals surface area contributed by atoms with E-state index in [1.165, 1.54) is 11.9 Å². The van der Waals surface area contributed by atoms with Crippen LogP contribution in [0, 0.1) is 0 Å². The predicted octanol–water partition coefficient (Wildman–Crippen LogP) is 1.15. The van der Waals surface area contributed by atoms with E-state index in [-0.39, 0.29) is 24.8 Å².